The molecule has 1 saturated carbocycles. The van der Waals surface area contributed by atoms with E-state index in [4.69, 9.17) is 4.74 Å². The van der Waals surface area contributed by atoms with E-state index in [-0.39, 0.29) is 36.1 Å². The summed E-state index contributed by atoms with van der Waals surface area (Å²) >= 11 is 0. The van der Waals surface area contributed by atoms with Gasteiger partial charge in [-0.2, -0.15) is 0 Å². The van der Waals surface area contributed by atoms with Crippen molar-refractivity contribution >= 4 is 5.91 Å². The number of halogens is 2. The summed E-state index contributed by atoms with van der Waals surface area (Å²) in [5.41, 5.74) is 5.39. The first kappa shape index (κ1) is 30.2. The Bertz CT molecular complexity index is 1120. The van der Waals surface area contributed by atoms with Crippen LogP contribution in [0.5, 0.6) is 5.75 Å². The molecular weight excluding hydrogens is 529 g/mol. The number of hydrogen-bond donors (Lipinski definition) is 2. The Labute approximate surface area is 246 Å². The van der Waals surface area contributed by atoms with Crippen molar-refractivity contribution in [3.8, 4) is 5.75 Å². The molecular formula is C32H45Cl2N3O2. The van der Waals surface area contributed by atoms with Crippen LogP contribution in [-0.2, 0) is 16.8 Å². The number of likely N-dealkylation sites (tertiary alicyclic amines) is 1. The number of benzene rings is 2. The zero-order chi connectivity index (χ0) is 25.4. The first-order valence-corrected chi connectivity index (χ1v) is 14.8. The predicted molar refractivity (Wildman–Crippen MR) is 146 cm³/mol. The zero-order valence-corrected chi connectivity index (χ0v) is 25.0. The van der Waals surface area contributed by atoms with Crippen LogP contribution in [0.2, 0.25) is 0 Å². The van der Waals surface area contributed by atoms with Gasteiger partial charge in [-0.05, 0) is 67.2 Å². The molecule has 2 aromatic carbocycles. The number of rotatable bonds is 4. The predicted octanol–water partition coefficient (Wildman–Crippen LogP) is -3.13. The van der Waals surface area contributed by atoms with Gasteiger partial charge in [0.2, 0.25) is 5.91 Å². The van der Waals surface area contributed by atoms with Gasteiger partial charge in [-0.1, -0.05) is 55.7 Å². The van der Waals surface area contributed by atoms with E-state index in [1.165, 1.54) is 54.4 Å². The van der Waals surface area contributed by atoms with Crippen molar-refractivity contribution in [2.24, 2.45) is 11.8 Å². The number of hydrogen-bond acceptors (Lipinski definition) is 2. The van der Waals surface area contributed by atoms with Crippen molar-refractivity contribution in [1.29, 1.82) is 0 Å². The highest BCUT2D eigenvalue weighted by molar-refractivity contribution is 5.82. The number of amides is 1. The molecule has 2 aromatic rings. The van der Waals surface area contributed by atoms with E-state index in [9.17, 15) is 4.79 Å². The number of nitrogens with two attached hydrogens (primary N) is 2. The number of carbonyl (C=O) groups excluding carboxylic acids is 1. The lowest BCUT2D eigenvalue weighted by molar-refractivity contribution is -0.691. The molecule has 1 spiro atoms. The van der Waals surface area contributed by atoms with Crippen LogP contribution >= 0.6 is 0 Å². The molecule has 0 radical (unpaired) electrons. The van der Waals surface area contributed by atoms with Gasteiger partial charge >= 0.3 is 0 Å². The Balaban J connectivity index is 0.00000176. The van der Waals surface area contributed by atoms with E-state index in [1.807, 2.05) is 0 Å². The van der Waals surface area contributed by atoms with Crippen LogP contribution in [-0.4, -0.2) is 50.1 Å². The molecule has 3 heterocycles. The average molecular weight is 575 g/mol. The molecule has 2 saturated heterocycles. The summed E-state index contributed by atoms with van der Waals surface area (Å²) < 4.78 is 5.81. The van der Waals surface area contributed by atoms with Gasteiger partial charge in [-0.3, -0.25) is 4.79 Å². The minimum atomic E-state index is -0.114. The Morgan fingerprint density at radius 2 is 1.72 bits per heavy atom. The van der Waals surface area contributed by atoms with Gasteiger partial charge in [-0.25, -0.2) is 0 Å². The smallest absolute Gasteiger partial charge is 0.233 e. The normalized spacial score (nSPS) is 28.8. The summed E-state index contributed by atoms with van der Waals surface area (Å²) in [7, 11) is 1.78. The van der Waals surface area contributed by atoms with E-state index in [2.05, 4.69) is 64.9 Å². The number of nitrogens with zero attached hydrogens (tertiary/aromatic N) is 1. The highest BCUT2D eigenvalue weighted by Gasteiger charge is 2.58. The minimum Gasteiger partial charge on any atom is -1.00 e. The third-order valence-corrected chi connectivity index (χ3v) is 10.3. The minimum absolute atomic E-state index is 0. The summed E-state index contributed by atoms with van der Waals surface area (Å²) in [4.78, 5) is 17.1. The summed E-state index contributed by atoms with van der Waals surface area (Å²) in [6.07, 6.45) is 8.77. The van der Waals surface area contributed by atoms with Crippen molar-refractivity contribution in [1.82, 2.24) is 4.90 Å². The van der Waals surface area contributed by atoms with E-state index in [0.29, 0.717) is 23.8 Å². The fraction of sp³-hybridized carbons (Fsp3) is 0.594. The largest absolute Gasteiger partial charge is 1.00 e. The topological polar surface area (TPSA) is 62.8 Å². The third kappa shape index (κ3) is 5.45. The quantitative estimate of drug-likeness (QED) is 0.406. The molecule has 0 bridgehead atoms. The van der Waals surface area contributed by atoms with Crippen molar-refractivity contribution < 1.29 is 45.0 Å². The monoisotopic (exact) mass is 573 g/mol. The Morgan fingerprint density at radius 1 is 0.974 bits per heavy atom. The Kier molecular flexibility index (Phi) is 9.91. The van der Waals surface area contributed by atoms with Crippen LogP contribution in [0.4, 0.5) is 0 Å². The van der Waals surface area contributed by atoms with Crippen LogP contribution in [0.15, 0.2) is 42.5 Å². The molecule has 3 fully saturated rings. The molecule has 214 valence electrons. The molecule has 1 aliphatic carbocycles. The first-order valence-electron chi connectivity index (χ1n) is 14.8. The second kappa shape index (κ2) is 12.8. The van der Waals surface area contributed by atoms with Crippen molar-refractivity contribution in [2.75, 3.05) is 33.3 Å². The maximum absolute atomic E-state index is 14.7. The van der Waals surface area contributed by atoms with Gasteiger partial charge in [0.05, 0.1) is 32.3 Å². The number of aryl methyl sites for hydroxylation is 1. The molecule has 1 amide bonds. The number of fused-ring (bicyclic) bond motifs is 2. The summed E-state index contributed by atoms with van der Waals surface area (Å²) in [5.74, 6) is 2.67. The van der Waals surface area contributed by atoms with Crippen LogP contribution in [0.25, 0.3) is 0 Å². The van der Waals surface area contributed by atoms with E-state index in [0.717, 1.165) is 51.3 Å². The molecule has 0 aromatic heterocycles. The standard InChI is InChI=1S/C32H43N3O2.2ClH/c1-22-13-14-29(37-2)26-18-33-20-32(30(22)26)21-34-19-27(32)31(36)35-16-15-25(23-9-5-3-6-10-23)17-28(35)24-11-7-4-8-12-24;;/h3,5-6,9-10,13-14,24-25,27-28,33-34H,4,7-8,11-12,15-21H2,1-2H3;2*1H/t25-,27?,28+,32-;;/m1../s1. The fourth-order valence-corrected chi connectivity index (χ4v) is 8.59. The molecule has 39 heavy (non-hydrogen) atoms. The third-order valence-electron chi connectivity index (χ3n) is 10.3. The SMILES string of the molecule is COc1ccc(C)c2c1C[NH2+]C[C@]21C[NH2+]CC1C(=O)N1CC[C@@H](c2ccccc2)C[C@H]1C1CCCCC1.[Cl-].[Cl-]. The Morgan fingerprint density at radius 3 is 2.46 bits per heavy atom. The number of methoxy groups -OCH3 is 1. The molecule has 6 rings (SSSR count). The molecule has 3 aliphatic heterocycles. The van der Waals surface area contributed by atoms with Gasteiger partial charge in [0.1, 0.15) is 23.6 Å². The summed E-state index contributed by atoms with van der Waals surface area (Å²) in [6.45, 7) is 6.97. The second-order valence-electron chi connectivity index (χ2n) is 12.2. The lowest BCUT2D eigenvalue weighted by Crippen LogP contribution is -3.00. The van der Waals surface area contributed by atoms with E-state index < -0.39 is 0 Å². The van der Waals surface area contributed by atoms with Crippen molar-refractivity contribution in [3.63, 3.8) is 0 Å². The maximum atomic E-state index is 14.7. The van der Waals surface area contributed by atoms with Crippen molar-refractivity contribution in [2.45, 2.75) is 75.8 Å². The van der Waals surface area contributed by atoms with Gasteiger partial charge in [0.25, 0.3) is 0 Å². The highest BCUT2D eigenvalue weighted by atomic mass is 35.5. The van der Waals surface area contributed by atoms with Crippen LogP contribution in [0, 0.1) is 18.8 Å². The van der Waals surface area contributed by atoms with E-state index in [1.54, 1.807) is 7.11 Å². The van der Waals surface area contributed by atoms with Gasteiger partial charge < -0.3 is 45.1 Å². The summed E-state index contributed by atoms with van der Waals surface area (Å²) in [6, 6.07) is 15.8. The number of ether oxygens (including phenoxy) is 1. The molecule has 4 N–H and O–H groups in total. The molecule has 1 unspecified atom stereocenters. The second-order valence-corrected chi connectivity index (χ2v) is 12.2. The molecule has 5 nitrogen and oxygen atoms in total. The average Bonchev–Trinajstić information content (AvgIpc) is 3.37. The lowest BCUT2D eigenvalue weighted by atomic mass is 9.66. The van der Waals surface area contributed by atoms with Gasteiger partial charge in [0, 0.05) is 12.6 Å². The number of carbonyl (C=O) groups is 1. The maximum Gasteiger partial charge on any atom is 0.233 e. The van der Waals surface area contributed by atoms with Crippen LogP contribution in [0.1, 0.15) is 73.1 Å². The van der Waals surface area contributed by atoms with Gasteiger partial charge in [0.15, 0.2) is 0 Å². The Hall–Kier alpha value is -1.79. The highest BCUT2D eigenvalue weighted by Crippen LogP contribution is 2.44. The molecule has 7 heteroatoms. The van der Waals surface area contributed by atoms with E-state index >= 15 is 0 Å². The van der Waals surface area contributed by atoms with Crippen LogP contribution in [0.3, 0.4) is 0 Å². The zero-order valence-electron chi connectivity index (χ0n) is 23.5. The van der Waals surface area contributed by atoms with Gasteiger partial charge in [-0.15, -0.1) is 0 Å². The first-order chi connectivity index (χ1) is 18.1. The summed E-state index contributed by atoms with van der Waals surface area (Å²) in [5, 5.41) is 4.83. The lowest BCUT2D eigenvalue weighted by Gasteiger charge is -2.47. The molecule has 4 aliphatic rings. The molecule has 4 atom stereocenters. The number of quaternary nitrogens is 2. The van der Waals surface area contributed by atoms with Crippen LogP contribution < -0.4 is 40.2 Å². The van der Waals surface area contributed by atoms with Crippen molar-refractivity contribution in [3.05, 3.63) is 64.7 Å². The fourth-order valence-electron chi connectivity index (χ4n) is 8.59. The number of piperidine rings is 1.